The molecule has 0 bridgehead atoms. The summed E-state index contributed by atoms with van der Waals surface area (Å²) in [5.41, 5.74) is 4.87. The number of carbonyl (C=O) groups is 2. The van der Waals surface area contributed by atoms with E-state index >= 15 is 0 Å². The van der Waals surface area contributed by atoms with Crippen LogP contribution in [0.15, 0.2) is 84.5 Å². The first-order chi connectivity index (χ1) is 14.0. The largest absolute Gasteiger partial charge is 2.00 e. The summed E-state index contributed by atoms with van der Waals surface area (Å²) in [6, 6.07) is 16.2. The summed E-state index contributed by atoms with van der Waals surface area (Å²) in [6.07, 6.45) is 8.07. The molecule has 0 aliphatic rings. The van der Waals surface area contributed by atoms with Gasteiger partial charge in [-0.1, -0.05) is 18.2 Å². The van der Waals surface area contributed by atoms with Gasteiger partial charge < -0.3 is 40.9 Å². The van der Waals surface area contributed by atoms with Crippen LogP contribution in [0.4, 0.5) is 0 Å². The first kappa shape index (κ1) is 33.0. The predicted molar refractivity (Wildman–Crippen MR) is 115 cm³/mol. The van der Waals surface area contributed by atoms with Crippen LogP contribution in [0.1, 0.15) is 22.8 Å². The summed E-state index contributed by atoms with van der Waals surface area (Å²) >= 11 is 0. The normalized spacial score (nSPS) is 8.44. The van der Waals surface area contributed by atoms with Crippen LogP contribution in [0.2, 0.25) is 0 Å². The van der Waals surface area contributed by atoms with Crippen molar-refractivity contribution < 1.29 is 47.2 Å². The number of ether oxygens (including phenoxy) is 1. The number of carbonyl (C=O) groups excluding carboxylic acids is 2. The number of rotatable bonds is 4. The Morgan fingerprint density at radius 3 is 2.00 bits per heavy atom. The quantitative estimate of drug-likeness (QED) is 0.388. The average molecular weight is 487 g/mol. The van der Waals surface area contributed by atoms with Gasteiger partial charge in [0.25, 0.3) is 0 Å². The van der Waals surface area contributed by atoms with Gasteiger partial charge in [0.1, 0.15) is 5.75 Å². The van der Waals surface area contributed by atoms with Crippen molar-refractivity contribution >= 4 is 18.1 Å². The number of aromatic nitrogens is 2. The molecule has 0 saturated carbocycles. The van der Waals surface area contributed by atoms with E-state index in [0.717, 1.165) is 18.2 Å². The van der Waals surface area contributed by atoms with Crippen molar-refractivity contribution in [2.24, 2.45) is 5.10 Å². The number of amides is 1. The van der Waals surface area contributed by atoms with Crippen LogP contribution in [0.3, 0.4) is 0 Å². The van der Waals surface area contributed by atoms with E-state index in [1.807, 2.05) is 36.4 Å². The summed E-state index contributed by atoms with van der Waals surface area (Å²) in [6.45, 7) is 0.972. The Balaban J connectivity index is -0.000000544. The third-order valence-corrected chi connectivity index (χ3v) is 2.94. The summed E-state index contributed by atoms with van der Waals surface area (Å²) in [5.74, 6) is -0.758. The second kappa shape index (κ2) is 20.6. The van der Waals surface area contributed by atoms with Crippen LogP contribution in [0.5, 0.6) is 5.75 Å². The average Bonchev–Trinajstić information content (AvgIpc) is 2.76. The van der Waals surface area contributed by atoms with Gasteiger partial charge in [0.2, 0.25) is 0 Å². The summed E-state index contributed by atoms with van der Waals surface area (Å²) in [4.78, 5) is 28.1. The van der Waals surface area contributed by atoms with E-state index in [1.54, 1.807) is 37.7 Å². The second-order valence-corrected chi connectivity index (χ2v) is 5.18. The molecule has 3 rings (SSSR count). The zero-order valence-corrected chi connectivity index (χ0v) is 18.4. The van der Waals surface area contributed by atoms with Gasteiger partial charge in [-0.05, 0) is 48.9 Å². The van der Waals surface area contributed by atoms with Crippen molar-refractivity contribution in [2.45, 2.75) is 6.92 Å². The molecular formula is C21H24CoN4O6. The zero-order chi connectivity index (χ0) is 21.3. The van der Waals surface area contributed by atoms with Gasteiger partial charge in [0.15, 0.2) is 0 Å². The number of methoxy groups -OCH3 is 1. The predicted octanol–water partition coefficient (Wildman–Crippen LogP) is 0.824. The molecule has 10 nitrogen and oxygen atoms in total. The molecule has 0 aliphatic heterocycles. The Morgan fingerprint density at radius 2 is 1.53 bits per heavy atom. The zero-order valence-electron chi connectivity index (χ0n) is 17.3. The molecule has 0 saturated heterocycles. The third kappa shape index (κ3) is 16.2. The van der Waals surface area contributed by atoms with Gasteiger partial charge in [-0.15, -0.1) is 0 Å². The van der Waals surface area contributed by atoms with Gasteiger partial charge in [-0.2, -0.15) is 0 Å². The molecule has 0 aliphatic carbocycles. The number of hydrogen-bond acceptors (Lipinski definition) is 7. The number of benzene rings is 1. The fourth-order valence-electron chi connectivity index (χ4n) is 1.73. The van der Waals surface area contributed by atoms with Crippen molar-refractivity contribution in [3.63, 3.8) is 0 Å². The van der Waals surface area contributed by atoms with Crippen molar-refractivity contribution in [1.29, 1.82) is 0 Å². The Hall–Kier alpha value is -3.64. The topological polar surface area (TPSA) is 182 Å². The van der Waals surface area contributed by atoms with Gasteiger partial charge in [0.05, 0.1) is 13.0 Å². The maximum Gasteiger partial charge on any atom is 2.00 e. The van der Waals surface area contributed by atoms with Crippen LogP contribution in [-0.2, 0) is 21.6 Å². The van der Waals surface area contributed by atoms with E-state index in [0.29, 0.717) is 5.56 Å². The maximum atomic E-state index is 11.6. The van der Waals surface area contributed by atoms with Crippen molar-refractivity contribution in [3.05, 3.63) is 95.9 Å². The number of nitrogens with zero attached hydrogens (tertiary/aromatic N) is 4. The van der Waals surface area contributed by atoms with Crippen LogP contribution < -0.4 is 9.84 Å². The van der Waals surface area contributed by atoms with E-state index < -0.39 is 11.9 Å². The van der Waals surface area contributed by atoms with E-state index in [9.17, 15) is 4.79 Å². The molecule has 0 atom stereocenters. The molecule has 0 unspecified atom stereocenters. The standard InChI is InChI=1S/C14H13N3O2.C5H5N.C2H4O2.Co.2H2O/c1-19-13-4-2-3-11(9-13)10-16-17-14(18)12-5-7-15-8-6-12;1-2-4-6-5-3-1;1-2(3)4;;;/h2-10H,1H3,(H,17,18);1-5H;1H3,(H,3,4);;2*1H2/q;;;+2;;/p-2/b16-10-;;;;;. The van der Waals surface area contributed by atoms with Gasteiger partial charge in [-0.25, -0.2) is 0 Å². The molecule has 0 fully saturated rings. The number of carboxylic acids is 1. The molecule has 1 amide bonds. The fourth-order valence-corrected chi connectivity index (χ4v) is 1.73. The smallest absolute Gasteiger partial charge is 0.550 e. The molecule has 1 aromatic carbocycles. The van der Waals surface area contributed by atoms with Crippen molar-refractivity contribution in [1.82, 2.24) is 9.97 Å². The van der Waals surface area contributed by atoms with Gasteiger partial charge >= 0.3 is 16.8 Å². The fraction of sp³-hybridized carbons (Fsp3) is 0.0952. The minimum Gasteiger partial charge on any atom is -0.550 e. The molecule has 3 aromatic rings. The number of hydrogen-bond donors (Lipinski definition) is 0. The molecule has 1 radical (unpaired) electrons. The molecule has 173 valence electrons. The van der Waals surface area contributed by atoms with Crippen molar-refractivity contribution in [3.8, 4) is 5.75 Å². The monoisotopic (exact) mass is 487 g/mol. The SMILES string of the molecule is CC(=O)[O-].COc1cccc(/C=N\[N-]C(=O)c2ccncc2)c1.O.O.[Co+2].c1ccncc1. The summed E-state index contributed by atoms with van der Waals surface area (Å²) < 4.78 is 5.09. The van der Waals surface area contributed by atoms with Crippen LogP contribution >= 0.6 is 0 Å². The summed E-state index contributed by atoms with van der Waals surface area (Å²) in [5, 5.41) is 12.7. The van der Waals surface area contributed by atoms with E-state index in [2.05, 4.69) is 20.5 Å². The molecule has 2 aromatic heterocycles. The van der Waals surface area contributed by atoms with E-state index in [4.69, 9.17) is 14.6 Å². The van der Waals surface area contributed by atoms with Crippen LogP contribution in [0, 0.1) is 0 Å². The minimum absolute atomic E-state index is 0. The Kier molecular flexibility index (Phi) is 21.3. The van der Waals surface area contributed by atoms with Crippen LogP contribution in [0.25, 0.3) is 5.43 Å². The molecular weight excluding hydrogens is 463 g/mol. The Labute approximate surface area is 196 Å². The van der Waals surface area contributed by atoms with E-state index in [1.165, 1.54) is 18.6 Å². The first-order valence-electron chi connectivity index (χ1n) is 8.38. The molecule has 2 heterocycles. The Bertz CT molecular complexity index is 868. The Morgan fingerprint density at radius 1 is 0.969 bits per heavy atom. The number of carboxylic acid groups (broad SMARTS) is 1. The number of pyridine rings is 2. The summed E-state index contributed by atoms with van der Waals surface area (Å²) in [7, 11) is 1.59. The molecule has 0 spiro atoms. The first-order valence-corrected chi connectivity index (χ1v) is 8.38. The van der Waals surface area contributed by atoms with Crippen molar-refractivity contribution in [2.75, 3.05) is 7.11 Å². The van der Waals surface area contributed by atoms with E-state index in [-0.39, 0.29) is 27.7 Å². The minimum atomic E-state index is -1.08. The molecule has 4 N–H and O–H groups in total. The third-order valence-electron chi connectivity index (χ3n) is 2.94. The van der Waals surface area contributed by atoms with Crippen LogP contribution in [-0.4, -0.2) is 46.1 Å². The van der Waals surface area contributed by atoms with Gasteiger partial charge in [0, 0.05) is 42.5 Å². The van der Waals surface area contributed by atoms with Gasteiger partial charge in [-0.3, -0.25) is 9.97 Å². The second-order valence-electron chi connectivity index (χ2n) is 5.18. The maximum absolute atomic E-state index is 11.6. The molecule has 11 heteroatoms. The number of aliphatic carboxylic acids is 1. The molecule has 32 heavy (non-hydrogen) atoms.